The van der Waals surface area contributed by atoms with Crippen LogP contribution in [0.3, 0.4) is 0 Å². The lowest BCUT2D eigenvalue weighted by atomic mass is 10.0. The quantitative estimate of drug-likeness (QED) is 0.222. The Balaban J connectivity index is 1.31. The van der Waals surface area contributed by atoms with E-state index in [0.29, 0.717) is 24.0 Å². The number of nitrogens with zero attached hydrogens (tertiary/aromatic N) is 2. The van der Waals surface area contributed by atoms with E-state index in [-0.39, 0.29) is 41.2 Å². The largest absolute Gasteiger partial charge is 0.478 e. The molecule has 2 amide bonds. The van der Waals surface area contributed by atoms with Gasteiger partial charge in [-0.05, 0) is 66.3 Å². The number of nitrogens with one attached hydrogen (secondary N) is 2. The molecule has 5 aromatic rings. The van der Waals surface area contributed by atoms with Crippen LogP contribution < -0.4 is 10.6 Å². The number of fused-ring (bicyclic) bond motifs is 2. The minimum absolute atomic E-state index is 0.0252. The zero-order chi connectivity index (χ0) is 29.4. The summed E-state index contributed by atoms with van der Waals surface area (Å²) in [5, 5.41) is 17.9. The first-order chi connectivity index (χ1) is 20.3. The van der Waals surface area contributed by atoms with E-state index in [9.17, 15) is 23.9 Å². The number of carboxylic acids is 1. The maximum atomic E-state index is 13.7. The minimum atomic E-state index is -1.000. The standard InChI is InChI=1S/C32H25FN4O4S/c1-17-12-18(6-10-24(17)33)15-34-30(38)26-14-27(36-29(35-26)23-16-42-28-5-3-2-4-22(23)28)31(39)37-25-11-8-19-13-20(32(40)41)7-9-21(19)25/h2-7,9-10,12-14,16,25H,8,11,15H2,1H3,(H,34,38)(H,37,39)(H,40,41)/t25-/m0/s1. The number of hydrogen-bond donors (Lipinski definition) is 3. The van der Waals surface area contributed by atoms with Gasteiger partial charge < -0.3 is 15.7 Å². The average Bonchev–Trinajstić information content (AvgIpc) is 3.61. The summed E-state index contributed by atoms with van der Waals surface area (Å²) in [6.07, 6.45) is 1.25. The highest BCUT2D eigenvalue weighted by atomic mass is 32.1. The Morgan fingerprint density at radius 2 is 1.79 bits per heavy atom. The van der Waals surface area contributed by atoms with E-state index in [4.69, 9.17) is 0 Å². The highest BCUT2D eigenvalue weighted by Gasteiger charge is 2.27. The number of aromatic carboxylic acids is 1. The van der Waals surface area contributed by atoms with Gasteiger partial charge in [-0.1, -0.05) is 36.4 Å². The van der Waals surface area contributed by atoms with Gasteiger partial charge in [-0.15, -0.1) is 11.3 Å². The number of thiophene rings is 1. The number of carbonyl (C=O) groups is 3. The van der Waals surface area contributed by atoms with E-state index in [1.165, 1.54) is 29.5 Å². The summed E-state index contributed by atoms with van der Waals surface area (Å²) in [6, 6.07) is 18.3. The van der Waals surface area contributed by atoms with Crippen LogP contribution in [-0.2, 0) is 13.0 Å². The van der Waals surface area contributed by atoms with Gasteiger partial charge in [0.05, 0.1) is 11.6 Å². The number of benzene rings is 3. The van der Waals surface area contributed by atoms with Crippen molar-refractivity contribution in [2.45, 2.75) is 32.4 Å². The molecule has 0 saturated heterocycles. The number of hydrogen-bond acceptors (Lipinski definition) is 6. The minimum Gasteiger partial charge on any atom is -0.478 e. The average molecular weight is 581 g/mol. The van der Waals surface area contributed by atoms with E-state index in [0.717, 1.165) is 26.8 Å². The molecule has 0 radical (unpaired) electrons. The first-order valence-corrected chi connectivity index (χ1v) is 14.2. The fourth-order valence-corrected chi connectivity index (χ4v) is 6.11. The molecule has 0 fully saturated rings. The molecule has 1 aliphatic rings. The maximum absolute atomic E-state index is 13.7. The van der Waals surface area contributed by atoms with E-state index >= 15 is 0 Å². The summed E-state index contributed by atoms with van der Waals surface area (Å²) >= 11 is 1.52. The highest BCUT2D eigenvalue weighted by molar-refractivity contribution is 7.17. The Morgan fingerprint density at radius 1 is 1.00 bits per heavy atom. The first kappa shape index (κ1) is 27.2. The molecule has 3 aromatic carbocycles. The van der Waals surface area contributed by atoms with Crippen LogP contribution in [0.1, 0.15) is 66.1 Å². The van der Waals surface area contributed by atoms with Crippen LogP contribution in [0.15, 0.2) is 72.1 Å². The summed E-state index contributed by atoms with van der Waals surface area (Å²) < 4.78 is 14.7. The van der Waals surface area contributed by atoms with Gasteiger partial charge in [0.1, 0.15) is 17.2 Å². The first-order valence-electron chi connectivity index (χ1n) is 13.3. The fourth-order valence-electron chi connectivity index (χ4n) is 5.17. The summed E-state index contributed by atoms with van der Waals surface area (Å²) in [6.45, 7) is 1.81. The predicted molar refractivity (Wildman–Crippen MR) is 157 cm³/mol. The number of aromatic nitrogens is 2. The lowest BCUT2D eigenvalue weighted by Crippen LogP contribution is -2.29. The van der Waals surface area contributed by atoms with Crippen molar-refractivity contribution in [3.05, 3.63) is 117 Å². The molecule has 42 heavy (non-hydrogen) atoms. The topological polar surface area (TPSA) is 121 Å². The van der Waals surface area contributed by atoms with Gasteiger partial charge in [-0.25, -0.2) is 19.2 Å². The van der Waals surface area contributed by atoms with Crippen LogP contribution >= 0.6 is 11.3 Å². The number of rotatable bonds is 7. The van der Waals surface area contributed by atoms with Gasteiger partial charge in [0.25, 0.3) is 11.8 Å². The fraction of sp³-hybridized carbons (Fsp3) is 0.156. The molecule has 10 heteroatoms. The van der Waals surface area contributed by atoms with E-state index < -0.39 is 17.8 Å². The summed E-state index contributed by atoms with van der Waals surface area (Å²) in [7, 11) is 0. The molecule has 8 nitrogen and oxygen atoms in total. The van der Waals surface area contributed by atoms with Gasteiger partial charge in [0, 0.05) is 33.6 Å². The van der Waals surface area contributed by atoms with E-state index in [2.05, 4.69) is 20.6 Å². The van der Waals surface area contributed by atoms with Crippen molar-refractivity contribution in [2.24, 2.45) is 0 Å². The molecule has 2 heterocycles. The smallest absolute Gasteiger partial charge is 0.335 e. The second-order valence-electron chi connectivity index (χ2n) is 10.2. The molecule has 0 saturated carbocycles. The monoisotopic (exact) mass is 580 g/mol. The Bertz CT molecular complexity index is 1890. The predicted octanol–water partition coefficient (Wildman–Crippen LogP) is 5.85. The van der Waals surface area contributed by atoms with Gasteiger partial charge in [0.15, 0.2) is 5.82 Å². The van der Waals surface area contributed by atoms with Gasteiger partial charge in [-0.2, -0.15) is 0 Å². The second kappa shape index (κ2) is 11.1. The molecule has 3 N–H and O–H groups in total. The van der Waals surface area contributed by atoms with Crippen LogP contribution in [0.4, 0.5) is 4.39 Å². The number of aryl methyl sites for hydroxylation is 2. The summed E-state index contributed by atoms with van der Waals surface area (Å²) in [4.78, 5) is 47.3. The highest BCUT2D eigenvalue weighted by Crippen LogP contribution is 2.34. The molecule has 6 rings (SSSR count). The normalized spacial score (nSPS) is 14.0. The molecule has 0 aliphatic heterocycles. The summed E-state index contributed by atoms with van der Waals surface area (Å²) in [5.74, 6) is -2.04. The van der Waals surface area contributed by atoms with Crippen molar-refractivity contribution in [1.82, 2.24) is 20.6 Å². The van der Waals surface area contributed by atoms with E-state index in [1.807, 2.05) is 29.6 Å². The Morgan fingerprint density at radius 3 is 2.57 bits per heavy atom. The molecular weight excluding hydrogens is 555 g/mol. The van der Waals surface area contributed by atoms with Gasteiger partial charge in [-0.3, -0.25) is 9.59 Å². The van der Waals surface area contributed by atoms with Crippen molar-refractivity contribution in [1.29, 1.82) is 0 Å². The van der Waals surface area contributed by atoms with Crippen LogP contribution in [0.2, 0.25) is 0 Å². The summed E-state index contributed by atoms with van der Waals surface area (Å²) in [5.41, 5.74) is 3.91. The molecular formula is C32H25FN4O4S. The van der Waals surface area contributed by atoms with Crippen molar-refractivity contribution in [3.63, 3.8) is 0 Å². The number of amides is 2. The molecule has 0 unspecified atom stereocenters. The number of halogens is 1. The number of carboxylic acid groups (broad SMARTS) is 1. The Hall–Kier alpha value is -4.96. The van der Waals surface area contributed by atoms with Crippen molar-refractivity contribution in [2.75, 3.05) is 0 Å². The van der Waals surface area contributed by atoms with Crippen molar-refractivity contribution < 1.29 is 23.9 Å². The Kier molecular flexibility index (Phi) is 7.22. The molecule has 0 spiro atoms. The van der Waals surface area contributed by atoms with Crippen LogP contribution in [0.25, 0.3) is 21.5 Å². The Labute approximate surface area is 244 Å². The lowest BCUT2D eigenvalue weighted by Gasteiger charge is -2.15. The van der Waals surface area contributed by atoms with Crippen LogP contribution in [0, 0.1) is 12.7 Å². The van der Waals surface area contributed by atoms with Crippen LogP contribution in [-0.4, -0.2) is 32.9 Å². The lowest BCUT2D eigenvalue weighted by molar-refractivity contribution is 0.0696. The maximum Gasteiger partial charge on any atom is 0.335 e. The molecule has 210 valence electrons. The third-order valence-electron chi connectivity index (χ3n) is 7.36. The third-order valence-corrected chi connectivity index (χ3v) is 8.33. The van der Waals surface area contributed by atoms with Crippen molar-refractivity contribution >= 4 is 39.2 Å². The van der Waals surface area contributed by atoms with Gasteiger partial charge >= 0.3 is 5.97 Å². The molecule has 1 atom stereocenters. The molecule has 2 aromatic heterocycles. The van der Waals surface area contributed by atoms with Gasteiger partial charge in [0.2, 0.25) is 0 Å². The zero-order valence-electron chi connectivity index (χ0n) is 22.5. The molecule has 1 aliphatic carbocycles. The third kappa shape index (κ3) is 5.36. The van der Waals surface area contributed by atoms with E-state index in [1.54, 1.807) is 31.2 Å². The SMILES string of the molecule is Cc1cc(CNC(=O)c2cc(C(=O)N[C@H]3CCc4cc(C(=O)O)ccc43)nc(-c3csc4ccccc34)n2)ccc1F. The second-order valence-corrected chi connectivity index (χ2v) is 11.1. The number of carbonyl (C=O) groups excluding carboxylic acids is 2. The zero-order valence-corrected chi connectivity index (χ0v) is 23.3. The van der Waals surface area contributed by atoms with Crippen LogP contribution in [0.5, 0.6) is 0 Å². The van der Waals surface area contributed by atoms with Crippen molar-refractivity contribution in [3.8, 4) is 11.4 Å². The molecule has 0 bridgehead atoms.